The van der Waals surface area contributed by atoms with Gasteiger partial charge >= 0.3 is 0 Å². The van der Waals surface area contributed by atoms with Crippen LogP contribution in [0, 0.1) is 6.92 Å². The molecule has 0 spiro atoms. The van der Waals surface area contributed by atoms with Crippen LogP contribution in [0.1, 0.15) is 62.9 Å². The van der Waals surface area contributed by atoms with Gasteiger partial charge in [0, 0.05) is 5.69 Å². The Labute approximate surface area is 234 Å². The minimum Gasteiger partial charge on any atom is -0.507 e. The molecule has 3 aromatic carbocycles. The van der Waals surface area contributed by atoms with Crippen molar-refractivity contribution in [2.75, 3.05) is 12.0 Å². The van der Waals surface area contributed by atoms with E-state index < -0.39 is 17.7 Å². The van der Waals surface area contributed by atoms with E-state index in [1.54, 1.807) is 36.4 Å². The molecule has 1 aliphatic rings. The molecule has 0 bridgehead atoms. The number of methoxy groups -OCH3 is 1. The number of hydrogen-bond acceptors (Lipinski definition) is 5. The van der Waals surface area contributed by atoms with Gasteiger partial charge in [0.2, 0.25) is 0 Å². The summed E-state index contributed by atoms with van der Waals surface area (Å²) < 4.78 is 11.3. The molecule has 1 saturated heterocycles. The number of aliphatic hydroxyl groups is 1. The fraction of sp³-hybridized carbons (Fsp3) is 0.312. The van der Waals surface area contributed by atoms with Gasteiger partial charge in [-0.25, -0.2) is 0 Å². The number of halogens is 1. The molecule has 1 amide bonds. The number of aliphatic hydroxyl groups excluding tert-OH is 1. The molecule has 4 rings (SSSR count). The van der Waals surface area contributed by atoms with Crippen LogP contribution in [0.25, 0.3) is 5.76 Å². The minimum atomic E-state index is -0.886. The summed E-state index contributed by atoms with van der Waals surface area (Å²) in [4.78, 5) is 28.6. The second kappa shape index (κ2) is 10.8. The number of Topliss-reactive ketones (excluding diaryl/α,β-unsaturated/α-hetero) is 1. The third kappa shape index (κ3) is 5.52. The second-order valence-corrected chi connectivity index (χ2v) is 11.4. The van der Waals surface area contributed by atoms with Crippen LogP contribution < -0.4 is 14.4 Å². The quantitative estimate of drug-likeness (QED) is 0.198. The van der Waals surface area contributed by atoms with E-state index in [4.69, 9.17) is 21.1 Å². The van der Waals surface area contributed by atoms with Crippen molar-refractivity contribution in [3.05, 3.63) is 93.5 Å². The van der Waals surface area contributed by atoms with Crippen LogP contribution in [0.5, 0.6) is 11.5 Å². The molecule has 3 aromatic rings. The molecule has 6 nitrogen and oxygen atoms in total. The van der Waals surface area contributed by atoms with Crippen LogP contribution in [-0.4, -0.2) is 30.0 Å². The topological polar surface area (TPSA) is 76.1 Å². The number of amides is 1. The number of carbonyl (C=O) groups is 2. The Morgan fingerprint density at radius 3 is 2.15 bits per heavy atom. The fourth-order valence-corrected chi connectivity index (χ4v) is 5.15. The second-order valence-electron chi connectivity index (χ2n) is 11.0. The first-order chi connectivity index (χ1) is 18.3. The summed E-state index contributed by atoms with van der Waals surface area (Å²) in [7, 11) is 1.44. The van der Waals surface area contributed by atoms with Gasteiger partial charge in [-0.05, 0) is 79.3 Å². The molecule has 204 valence electrons. The molecule has 0 aromatic heterocycles. The number of aryl methyl sites for hydroxylation is 1. The molecule has 0 radical (unpaired) electrons. The summed E-state index contributed by atoms with van der Waals surface area (Å²) >= 11 is 6.40. The highest BCUT2D eigenvalue weighted by Crippen LogP contribution is 2.45. The van der Waals surface area contributed by atoms with E-state index in [0.717, 1.165) is 11.1 Å². The number of ketones is 1. The van der Waals surface area contributed by atoms with Crippen LogP contribution in [0.15, 0.2) is 66.2 Å². The lowest BCUT2D eigenvalue weighted by atomic mass is 9.87. The summed E-state index contributed by atoms with van der Waals surface area (Å²) in [6, 6.07) is 17.3. The average Bonchev–Trinajstić information content (AvgIpc) is 3.13. The molecule has 1 aliphatic heterocycles. The lowest BCUT2D eigenvalue weighted by Crippen LogP contribution is -2.29. The standard InChI is InChI=1S/C32H34ClNO5/c1-18(2)39-23-14-8-20(9-15-23)27-26(28(35)24-16-19(3)17-25(33)30(24)38-7)29(36)31(37)34(27)22-12-10-21(11-13-22)32(4,5)6/h8-18,27,35H,1-7H3/b28-26+. The SMILES string of the molecule is COc1c(Cl)cc(C)cc1/C(O)=C1\C(=O)C(=O)N(c2ccc(C(C)(C)C)cc2)C1c1ccc(OC(C)C)cc1. The van der Waals surface area contributed by atoms with Gasteiger partial charge in [-0.3, -0.25) is 14.5 Å². The predicted octanol–water partition coefficient (Wildman–Crippen LogP) is 7.37. The van der Waals surface area contributed by atoms with E-state index in [1.165, 1.54) is 12.0 Å². The van der Waals surface area contributed by atoms with Crippen LogP contribution in [0.2, 0.25) is 5.02 Å². The maximum atomic E-state index is 13.6. The van der Waals surface area contributed by atoms with Gasteiger partial charge in [-0.15, -0.1) is 0 Å². The number of hydrogen-bond donors (Lipinski definition) is 1. The zero-order valence-electron chi connectivity index (χ0n) is 23.3. The highest BCUT2D eigenvalue weighted by atomic mass is 35.5. The molecule has 39 heavy (non-hydrogen) atoms. The Morgan fingerprint density at radius 2 is 1.62 bits per heavy atom. The van der Waals surface area contributed by atoms with E-state index in [-0.39, 0.29) is 39.2 Å². The Morgan fingerprint density at radius 1 is 1.00 bits per heavy atom. The molecule has 1 fully saturated rings. The van der Waals surface area contributed by atoms with Gasteiger partial charge in [0.05, 0.1) is 35.4 Å². The maximum Gasteiger partial charge on any atom is 0.300 e. The third-order valence-corrected chi connectivity index (χ3v) is 6.95. The van der Waals surface area contributed by atoms with Crippen molar-refractivity contribution >= 4 is 34.7 Å². The van der Waals surface area contributed by atoms with Crippen molar-refractivity contribution in [2.24, 2.45) is 0 Å². The Balaban J connectivity index is 1.94. The minimum absolute atomic E-state index is 0.0126. The molecule has 0 saturated carbocycles. The highest BCUT2D eigenvalue weighted by Gasteiger charge is 2.47. The Bertz CT molecular complexity index is 1430. The molecule has 7 heteroatoms. The molecule has 1 atom stereocenters. The number of anilines is 1. The summed E-state index contributed by atoms with van der Waals surface area (Å²) in [5.41, 5.74) is 3.16. The summed E-state index contributed by atoms with van der Waals surface area (Å²) in [6.07, 6.45) is -0.0126. The van der Waals surface area contributed by atoms with Gasteiger partial charge in [0.15, 0.2) is 0 Å². The summed E-state index contributed by atoms with van der Waals surface area (Å²) in [6.45, 7) is 12.0. The van der Waals surface area contributed by atoms with Crippen molar-refractivity contribution in [3.8, 4) is 11.5 Å². The van der Waals surface area contributed by atoms with Gasteiger partial charge in [-0.2, -0.15) is 0 Å². The summed E-state index contributed by atoms with van der Waals surface area (Å²) in [5.74, 6) is -0.991. The van der Waals surface area contributed by atoms with E-state index >= 15 is 0 Å². The summed E-state index contributed by atoms with van der Waals surface area (Å²) in [5, 5.41) is 11.9. The van der Waals surface area contributed by atoms with Crippen molar-refractivity contribution in [1.29, 1.82) is 0 Å². The van der Waals surface area contributed by atoms with Crippen LogP contribution >= 0.6 is 11.6 Å². The van der Waals surface area contributed by atoms with E-state index in [2.05, 4.69) is 20.8 Å². The first-order valence-electron chi connectivity index (χ1n) is 12.9. The van der Waals surface area contributed by atoms with Crippen molar-refractivity contribution in [2.45, 2.75) is 59.1 Å². The van der Waals surface area contributed by atoms with Crippen molar-refractivity contribution in [3.63, 3.8) is 0 Å². The van der Waals surface area contributed by atoms with Crippen molar-refractivity contribution in [1.82, 2.24) is 0 Å². The molecule has 1 N–H and O–H groups in total. The zero-order chi connectivity index (χ0) is 28.6. The molecule has 1 unspecified atom stereocenters. The number of carbonyl (C=O) groups excluding carboxylic acids is 2. The number of nitrogens with zero attached hydrogens (tertiary/aromatic N) is 1. The predicted molar refractivity (Wildman–Crippen MR) is 155 cm³/mol. The first-order valence-corrected chi connectivity index (χ1v) is 13.2. The van der Waals surface area contributed by atoms with E-state index in [0.29, 0.717) is 17.0 Å². The number of rotatable bonds is 6. The van der Waals surface area contributed by atoms with E-state index in [9.17, 15) is 14.7 Å². The highest BCUT2D eigenvalue weighted by molar-refractivity contribution is 6.51. The Kier molecular flexibility index (Phi) is 7.80. The maximum absolute atomic E-state index is 13.6. The van der Waals surface area contributed by atoms with Gasteiger partial charge in [0.1, 0.15) is 17.3 Å². The largest absolute Gasteiger partial charge is 0.507 e. The first kappa shape index (κ1) is 28.2. The zero-order valence-corrected chi connectivity index (χ0v) is 24.1. The van der Waals surface area contributed by atoms with Crippen LogP contribution in [0.4, 0.5) is 5.69 Å². The lowest BCUT2D eigenvalue weighted by molar-refractivity contribution is -0.132. The van der Waals surface area contributed by atoms with Crippen LogP contribution in [0.3, 0.4) is 0 Å². The van der Waals surface area contributed by atoms with E-state index in [1.807, 2.05) is 45.0 Å². The van der Waals surface area contributed by atoms with Gasteiger partial charge < -0.3 is 14.6 Å². The molecule has 0 aliphatic carbocycles. The fourth-order valence-electron chi connectivity index (χ4n) is 4.79. The van der Waals surface area contributed by atoms with Gasteiger partial charge in [-0.1, -0.05) is 56.6 Å². The molecule has 1 heterocycles. The molecular formula is C32H34ClNO5. The van der Waals surface area contributed by atoms with Gasteiger partial charge in [0.25, 0.3) is 11.7 Å². The number of ether oxygens (including phenoxy) is 2. The smallest absolute Gasteiger partial charge is 0.300 e. The Hall–Kier alpha value is -3.77. The van der Waals surface area contributed by atoms with Crippen LogP contribution in [-0.2, 0) is 15.0 Å². The number of benzene rings is 3. The molecular weight excluding hydrogens is 514 g/mol. The average molecular weight is 548 g/mol. The van der Waals surface area contributed by atoms with Crippen molar-refractivity contribution < 1.29 is 24.2 Å². The monoisotopic (exact) mass is 547 g/mol. The normalized spacial score (nSPS) is 17.2. The lowest BCUT2D eigenvalue weighted by Gasteiger charge is -2.27. The third-order valence-electron chi connectivity index (χ3n) is 6.67.